The molecule has 0 spiro atoms. The van der Waals surface area contributed by atoms with Gasteiger partial charge in [0.2, 0.25) is 0 Å². The third kappa shape index (κ3) is 2.05. The zero-order valence-electron chi connectivity index (χ0n) is 12.5. The number of rotatable bonds is 1. The molecule has 1 aliphatic rings. The first-order chi connectivity index (χ1) is 9.49. The summed E-state index contributed by atoms with van der Waals surface area (Å²) in [7, 11) is 0. The molecule has 0 atom stereocenters. The third-order valence-electron chi connectivity index (χ3n) is 4.16. The molecule has 20 heavy (non-hydrogen) atoms. The molecule has 102 valence electrons. The molecule has 0 unspecified atom stereocenters. The van der Waals surface area contributed by atoms with Crippen molar-refractivity contribution in [3.63, 3.8) is 0 Å². The molecule has 0 heterocycles. The van der Waals surface area contributed by atoms with Crippen LogP contribution in [-0.4, -0.2) is 0 Å². The van der Waals surface area contributed by atoms with Crippen LogP contribution in [0.15, 0.2) is 28.7 Å². The van der Waals surface area contributed by atoms with Crippen LogP contribution in [0.4, 0.5) is 0 Å². The predicted molar refractivity (Wildman–Crippen MR) is 91.3 cm³/mol. The van der Waals surface area contributed by atoms with E-state index in [1.54, 1.807) is 0 Å². The third-order valence-corrected chi connectivity index (χ3v) is 4.81. The number of fused-ring (bicyclic) bond motifs is 1. The number of allylic oxidation sites excluding steroid dienone is 1. The minimum Gasteiger partial charge on any atom is -0.0794 e. The molecule has 1 aliphatic carbocycles. The first-order valence-electron chi connectivity index (χ1n) is 7.05. The largest absolute Gasteiger partial charge is 0.0794 e. The van der Waals surface area contributed by atoms with Crippen LogP contribution < -0.4 is 0 Å². The van der Waals surface area contributed by atoms with E-state index < -0.39 is 0 Å². The summed E-state index contributed by atoms with van der Waals surface area (Å²) in [4.78, 5) is 0. The van der Waals surface area contributed by atoms with E-state index in [9.17, 15) is 0 Å². The average Bonchev–Trinajstić information content (AvgIpc) is 2.81. The highest BCUT2D eigenvalue weighted by molar-refractivity contribution is 9.10. The van der Waals surface area contributed by atoms with Crippen molar-refractivity contribution in [3.8, 4) is 11.1 Å². The maximum Gasteiger partial charge on any atom is 0.0253 e. The van der Waals surface area contributed by atoms with Crippen molar-refractivity contribution in [2.24, 2.45) is 0 Å². The average molecular weight is 327 g/mol. The first-order valence-corrected chi connectivity index (χ1v) is 7.85. The van der Waals surface area contributed by atoms with Crippen molar-refractivity contribution in [2.75, 3.05) is 0 Å². The van der Waals surface area contributed by atoms with Gasteiger partial charge in [0.15, 0.2) is 0 Å². The number of hydrogen-bond donors (Lipinski definition) is 0. The molecule has 0 aliphatic heterocycles. The van der Waals surface area contributed by atoms with Crippen molar-refractivity contribution in [1.82, 2.24) is 0 Å². The van der Waals surface area contributed by atoms with E-state index in [1.165, 1.54) is 49.0 Å². The Bertz CT molecular complexity index is 713. The van der Waals surface area contributed by atoms with Gasteiger partial charge in [-0.1, -0.05) is 45.8 Å². The zero-order chi connectivity index (χ0) is 14.4. The van der Waals surface area contributed by atoms with Crippen LogP contribution in [0.5, 0.6) is 0 Å². The van der Waals surface area contributed by atoms with Gasteiger partial charge in [0.05, 0.1) is 0 Å². The van der Waals surface area contributed by atoms with E-state index in [4.69, 9.17) is 0 Å². The van der Waals surface area contributed by atoms with Crippen LogP contribution >= 0.6 is 15.9 Å². The SMILES string of the molecule is Cc1cc(C)c(-c2c(C)cc(Br)c3c2CC=C3)c(C)c1. The second-order valence-electron chi connectivity index (χ2n) is 5.82. The Morgan fingerprint density at radius 1 is 0.850 bits per heavy atom. The monoisotopic (exact) mass is 326 g/mol. The van der Waals surface area contributed by atoms with Gasteiger partial charge < -0.3 is 0 Å². The van der Waals surface area contributed by atoms with E-state index in [-0.39, 0.29) is 0 Å². The van der Waals surface area contributed by atoms with Crippen molar-refractivity contribution in [3.05, 3.63) is 62.1 Å². The lowest BCUT2D eigenvalue weighted by molar-refractivity contribution is 1.24. The van der Waals surface area contributed by atoms with Crippen LogP contribution in [0.3, 0.4) is 0 Å². The molecule has 0 amide bonds. The summed E-state index contributed by atoms with van der Waals surface area (Å²) in [5.41, 5.74) is 11.1. The van der Waals surface area contributed by atoms with Crippen LogP contribution in [0.2, 0.25) is 0 Å². The number of halogens is 1. The van der Waals surface area contributed by atoms with E-state index in [0.717, 1.165) is 6.42 Å². The van der Waals surface area contributed by atoms with Gasteiger partial charge in [-0.2, -0.15) is 0 Å². The lowest BCUT2D eigenvalue weighted by Crippen LogP contribution is -1.98. The van der Waals surface area contributed by atoms with Crippen molar-refractivity contribution in [1.29, 1.82) is 0 Å². The number of benzene rings is 2. The Kier molecular flexibility index (Phi) is 3.33. The molecule has 0 nitrogen and oxygen atoms in total. The zero-order valence-corrected chi connectivity index (χ0v) is 14.1. The predicted octanol–water partition coefficient (Wildman–Crippen LogP) is 5.92. The van der Waals surface area contributed by atoms with E-state index in [1.807, 2.05) is 0 Å². The molecule has 1 heteroatoms. The van der Waals surface area contributed by atoms with E-state index in [2.05, 4.69) is 74.0 Å². The Labute approximate surface area is 129 Å². The Hall–Kier alpha value is -1.34. The fourth-order valence-corrected chi connectivity index (χ4v) is 4.18. The van der Waals surface area contributed by atoms with Gasteiger partial charge in [-0.15, -0.1) is 0 Å². The highest BCUT2D eigenvalue weighted by Crippen LogP contribution is 2.40. The molecule has 0 N–H and O–H groups in total. The highest BCUT2D eigenvalue weighted by atomic mass is 79.9. The normalized spacial score (nSPS) is 12.8. The molecule has 0 saturated heterocycles. The molecule has 0 bridgehead atoms. The van der Waals surface area contributed by atoms with Crippen molar-refractivity contribution >= 4 is 22.0 Å². The number of hydrogen-bond acceptors (Lipinski definition) is 0. The second kappa shape index (κ2) is 4.89. The fraction of sp³-hybridized carbons (Fsp3) is 0.263. The molecule has 0 aromatic heterocycles. The highest BCUT2D eigenvalue weighted by Gasteiger charge is 2.19. The summed E-state index contributed by atoms with van der Waals surface area (Å²) in [5, 5.41) is 0. The Morgan fingerprint density at radius 3 is 2.10 bits per heavy atom. The van der Waals surface area contributed by atoms with Crippen LogP contribution in [0.1, 0.15) is 33.4 Å². The van der Waals surface area contributed by atoms with Gasteiger partial charge >= 0.3 is 0 Å². The summed E-state index contributed by atoms with van der Waals surface area (Å²) in [5.74, 6) is 0. The van der Waals surface area contributed by atoms with Gasteiger partial charge in [-0.05, 0) is 79.1 Å². The van der Waals surface area contributed by atoms with Crippen LogP contribution in [0.25, 0.3) is 17.2 Å². The second-order valence-corrected chi connectivity index (χ2v) is 6.68. The summed E-state index contributed by atoms with van der Waals surface area (Å²) in [6, 6.07) is 6.83. The topological polar surface area (TPSA) is 0 Å². The van der Waals surface area contributed by atoms with E-state index >= 15 is 0 Å². The summed E-state index contributed by atoms with van der Waals surface area (Å²) in [6.07, 6.45) is 5.54. The van der Waals surface area contributed by atoms with E-state index in [0.29, 0.717) is 0 Å². The maximum atomic E-state index is 3.70. The van der Waals surface area contributed by atoms with Gasteiger partial charge in [0.1, 0.15) is 0 Å². The molecule has 0 saturated carbocycles. The van der Waals surface area contributed by atoms with Crippen molar-refractivity contribution in [2.45, 2.75) is 34.1 Å². The molecule has 3 rings (SSSR count). The smallest absolute Gasteiger partial charge is 0.0253 e. The Balaban J connectivity index is 2.35. The summed E-state index contributed by atoms with van der Waals surface area (Å²) >= 11 is 3.70. The minimum atomic E-state index is 1.04. The molecular weight excluding hydrogens is 308 g/mol. The summed E-state index contributed by atoms with van der Waals surface area (Å²) in [6.45, 7) is 8.85. The van der Waals surface area contributed by atoms with Gasteiger partial charge in [0, 0.05) is 4.47 Å². The minimum absolute atomic E-state index is 1.04. The van der Waals surface area contributed by atoms with Crippen molar-refractivity contribution < 1.29 is 0 Å². The summed E-state index contributed by atoms with van der Waals surface area (Å²) < 4.78 is 1.21. The maximum absolute atomic E-state index is 3.70. The molecule has 2 aromatic carbocycles. The van der Waals surface area contributed by atoms with Crippen LogP contribution in [0, 0.1) is 27.7 Å². The lowest BCUT2D eigenvalue weighted by atomic mass is 9.86. The first kappa shape index (κ1) is 13.6. The quantitative estimate of drug-likeness (QED) is 0.610. The standard InChI is InChI=1S/C19H19Br/c1-11-8-12(2)18(13(3)9-11)19-14(4)10-17(20)15-6-5-7-16(15)19/h5-6,8-10H,7H2,1-4H3. The lowest BCUT2D eigenvalue weighted by Gasteiger charge is -2.19. The van der Waals surface area contributed by atoms with Crippen LogP contribution in [-0.2, 0) is 6.42 Å². The molecular formula is C19H19Br. The Morgan fingerprint density at radius 2 is 1.45 bits per heavy atom. The molecule has 0 fully saturated rings. The van der Waals surface area contributed by atoms with Gasteiger partial charge in [0.25, 0.3) is 0 Å². The molecule has 0 radical (unpaired) electrons. The van der Waals surface area contributed by atoms with Gasteiger partial charge in [-0.3, -0.25) is 0 Å². The number of aryl methyl sites for hydroxylation is 4. The molecule has 2 aromatic rings. The van der Waals surface area contributed by atoms with Gasteiger partial charge in [-0.25, -0.2) is 0 Å². The fourth-order valence-electron chi connectivity index (χ4n) is 3.47.